The summed E-state index contributed by atoms with van der Waals surface area (Å²) in [4.78, 5) is 14.0. The van der Waals surface area contributed by atoms with E-state index >= 15 is 0 Å². The van der Waals surface area contributed by atoms with Crippen LogP contribution in [0.5, 0.6) is 0 Å². The van der Waals surface area contributed by atoms with Crippen LogP contribution in [-0.2, 0) is 19.6 Å². The summed E-state index contributed by atoms with van der Waals surface area (Å²) in [6.45, 7) is 4.44. The summed E-state index contributed by atoms with van der Waals surface area (Å²) < 4.78 is 28.9. The van der Waals surface area contributed by atoms with Crippen molar-refractivity contribution in [1.82, 2.24) is 10.3 Å². The molecule has 116 valence electrons. The van der Waals surface area contributed by atoms with Crippen LogP contribution in [0.25, 0.3) is 0 Å². The lowest BCUT2D eigenvalue weighted by atomic mass is 10.2. The van der Waals surface area contributed by atoms with Crippen molar-refractivity contribution in [2.24, 2.45) is 11.8 Å². The van der Waals surface area contributed by atoms with Gasteiger partial charge in [-0.25, -0.2) is 13.8 Å². The standard InChI is InChI=1S/C14H20N2O4S/c1-3-20-14(17)13-8-11(13)9-15-16-21(18,19)12-6-4-10(2)5-7-12/h4-7,11,13,15-16H,3,8-9H2,1-2H3. The zero-order valence-corrected chi connectivity index (χ0v) is 12.9. The van der Waals surface area contributed by atoms with Gasteiger partial charge < -0.3 is 4.74 Å². The van der Waals surface area contributed by atoms with E-state index < -0.39 is 10.0 Å². The molecule has 21 heavy (non-hydrogen) atoms. The Morgan fingerprint density at radius 2 is 2.00 bits per heavy atom. The minimum absolute atomic E-state index is 0.110. The molecule has 0 bridgehead atoms. The number of carbonyl (C=O) groups is 1. The van der Waals surface area contributed by atoms with Gasteiger partial charge in [0, 0.05) is 6.54 Å². The highest BCUT2D eigenvalue weighted by Crippen LogP contribution is 2.38. The molecule has 0 amide bonds. The fourth-order valence-electron chi connectivity index (χ4n) is 2.06. The van der Waals surface area contributed by atoms with Crippen molar-refractivity contribution in [3.05, 3.63) is 29.8 Å². The Morgan fingerprint density at radius 1 is 1.33 bits per heavy atom. The summed E-state index contributed by atoms with van der Waals surface area (Å²) in [5.74, 6) is -0.184. The molecule has 0 saturated heterocycles. The molecule has 0 aliphatic heterocycles. The van der Waals surface area contributed by atoms with Crippen molar-refractivity contribution < 1.29 is 17.9 Å². The van der Waals surface area contributed by atoms with Gasteiger partial charge in [0.25, 0.3) is 10.0 Å². The van der Waals surface area contributed by atoms with Gasteiger partial charge in [-0.15, -0.1) is 4.83 Å². The van der Waals surface area contributed by atoms with Crippen molar-refractivity contribution in [3.8, 4) is 0 Å². The van der Waals surface area contributed by atoms with Crippen LogP contribution in [0.1, 0.15) is 18.9 Å². The maximum atomic E-state index is 12.0. The molecule has 1 fully saturated rings. The molecule has 1 aromatic rings. The van der Waals surface area contributed by atoms with Crippen LogP contribution < -0.4 is 10.3 Å². The number of nitrogens with one attached hydrogen (secondary N) is 2. The molecule has 2 rings (SSSR count). The molecular formula is C14H20N2O4S. The molecule has 1 saturated carbocycles. The predicted octanol–water partition coefficient (Wildman–Crippen LogP) is 0.977. The lowest BCUT2D eigenvalue weighted by Crippen LogP contribution is -2.38. The van der Waals surface area contributed by atoms with E-state index in [4.69, 9.17) is 4.74 Å². The first-order chi connectivity index (χ1) is 9.94. The lowest BCUT2D eigenvalue weighted by Gasteiger charge is -2.08. The number of carbonyl (C=O) groups excluding carboxylic acids is 1. The molecule has 0 spiro atoms. The lowest BCUT2D eigenvalue weighted by molar-refractivity contribution is -0.145. The topological polar surface area (TPSA) is 84.5 Å². The molecule has 0 radical (unpaired) electrons. The van der Waals surface area contributed by atoms with Crippen LogP contribution in [0, 0.1) is 18.8 Å². The van der Waals surface area contributed by atoms with Crippen molar-refractivity contribution in [1.29, 1.82) is 0 Å². The maximum Gasteiger partial charge on any atom is 0.309 e. The van der Waals surface area contributed by atoms with E-state index in [1.807, 2.05) is 6.92 Å². The van der Waals surface area contributed by atoms with Crippen LogP contribution in [0.15, 0.2) is 29.2 Å². The highest BCUT2D eigenvalue weighted by atomic mass is 32.2. The third-order valence-corrected chi connectivity index (χ3v) is 4.72. The number of hydrazine groups is 1. The molecule has 2 unspecified atom stereocenters. The van der Waals surface area contributed by atoms with Gasteiger partial charge in [0.15, 0.2) is 0 Å². The fraction of sp³-hybridized carbons (Fsp3) is 0.500. The van der Waals surface area contributed by atoms with Crippen molar-refractivity contribution in [2.45, 2.75) is 25.2 Å². The summed E-state index contributed by atoms with van der Waals surface area (Å²) in [6, 6.07) is 6.59. The maximum absolute atomic E-state index is 12.0. The molecular weight excluding hydrogens is 292 g/mol. The number of ether oxygens (including phenoxy) is 1. The Bertz CT molecular complexity index is 598. The van der Waals surface area contributed by atoms with E-state index in [2.05, 4.69) is 10.3 Å². The monoisotopic (exact) mass is 312 g/mol. The zero-order chi connectivity index (χ0) is 15.5. The second-order valence-corrected chi connectivity index (χ2v) is 6.84. The minimum atomic E-state index is -3.57. The highest BCUT2D eigenvalue weighted by molar-refractivity contribution is 7.89. The first-order valence-electron chi connectivity index (χ1n) is 6.92. The average Bonchev–Trinajstić information content (AvgIpc) is 3.19. The van der Waals surface area contributed by atoms with Gasteiger partial charge in [-0.2, -0.15) is 0 Å². The summed E-state index contributed by atoms with van der Waals surface area (Å²) in [5.41, 5.74) is 3.68. The number of benzene rings is 1. The summed E-state index contributed by atoms with van der Waals surface area (Å²) in [6.07, 6.45) is 0.734. The van der Waals surface area contributed by atoms with Gasteiger partial charge >= 0.3 is 5.97 Å². The van der Waals surface area contributed by atoms with E-state index in [-0.39, 0.29) is 22.7 Å². The van der Waals surface area contributed by atoms with E-state index in [9.17, 15) is 13.2 Å². The molecule has 1 aliphatic carbocycles. The van der Waals surface area contributed by atoms with E-state index in [1.54, 1.807) is 31.2 Å². The van der Waals surface area contributed by atoms with Crippen LogP contribution >= 0.6 is 0 Å². The first kappa shape index (κ1) is 15.9. The first-order valence-corrected chi connectivity index (χ1v) is 8.40. The van der Waals surface area contributed by atoms with E-state index in [0.29, 0.717) is 13.2 Å². The molecule has 2 N–H and O–H groups in total. The molecule has 1 aromatic carbocycles. The molecule has 0 heterocycles. The van der Waals surface area contributed by atoms with Crippen molar-refractivity contribution >= 4 is 16.0 Å². The van der Waals surface area contributed by atoms with Gasteiger partial charge in [0.05, 0.1) is 17.4 Å². The Balaban J connectivity index is 1.79. The SMILES string of the molecule is CCOC(=O)C1CC1CNNS(=O)(=O)c1ccc(C)cc1. The summed E-state index contributed by atoms with van der Waals surface area (Å²) in [5, 5.41) is 0. The highest BCUT2D eigenvalue weighted by Gasteiger charge is 2.43. The third-order valence-electron chi connectivity index (χ3n) is 3.41. The smallest absolute Gasteiger partial charge is 0.309 e. The number of rotatable bonds is 7. The number of sulfonamides is 1. The Hall–Kier alpha value is -1.44. The summed E-state index contributed by atoms with van der Waals surface area (Å²) >= 11 is 0. The number of aryl methyl sites for hydroxylation is 1. The fourth-order valence-corrected chi connectivity index (χ4v) is 2.94. The van der Waals surface area contributed by atoms with Gasteiger partial charge in [-0.3, -0.25) is 4.79 Å². The van der Waals surface area contributed by atoms with Crippen LogP contribution in [-0.4, -0.2) is 27.5 Å². The van der Waals surface area contributed by atoms with Gasteiger partial charge in [-0.1, -0.05) is 17.7 Å². The molecule has 7 heteroatoms. The average molecular weight is 312 g/mol. The number of hydrogen-bond donors (Lipinski definition) is 2. The van der Waals surface area contributed by atoms with Crippen LogP contribution in [0.3, 0.4) is 0 Å². The molecule has 2 atom stereocenters. The van der Waals surface area contributed by atoms with Gasteiger partial charge in [-0.05, 0) is 38.3 Å². The van der Waals surface area contributed by atoms with Crippen LogP contribution in [0.2, 0.25) is 0 Å². The Kier molecular flexibility index (Phi) is 4.97. The molecule has 6 nitrogen and oxygen atoms in total. The van der Waals surface area contributed by atoms with Gasteiger partial charge in [0.2, 0.25) is 0 Å². The Morgan fingerprint density at radius 3 is 2.62 bits per heavy atom. The quantitative estimate of drug-likeness (QED) is 0.579. The second kappa shape index (κ2) is 6.55. The van der Waals surface area contributed by atoms with E-state index in [1.165, 1.54) is 0 Å². The largest absolute Gasteiger partial charge is 0.466 e. The predicted molar refractivity (Wildman–Crippen MR) is 77.7 cm³/mol. The second-order valence-electron chi connectivity index (χ2n) is 5.15. The van der Waals surface area contributed by atoms with E-state index in [0.717, 1.165) is 12.0 Å². The van der Waals surface area contributed by atoms with Crippen molar-refractivity contribution in [2.75, 3.05) is 13.2 Å². The zero-order valence-electron chi connectivity index (χ0n) is 12.1. The molecule has 1 aliphatic rings. The van der Waals surface area contributed by atoms with Gasteiger partial charge in [0.1, 0.15) is 0 Å². The Labute approximate surface area is 124 Å². The normalized spacial score (nSPS) is 21.0. The number of esters is 1. The molecule has 0 aromatic heterocycles. The minimum Gasteiger partial charge on any atom is -0.466 e. The summed E-state index contributed by atoms with van der Waals surface area (Å²) in [7, 11) is -3.57. The number of hydrogen-bond acceptors (Lipinski definition) is 5. The van der Waals surface area contributed by atoms with Crippen molar-refractivity contribution in [3.63, 3.8) is 0 Å². The van der Waals surface area contributed by atoms with Crippen LogP contribution in [0.4, 0.5) is 0 Å². The third kappa shape index (κ3) is 4.26.